The average Bonchev–Trinajstić information content (AvgIpc) is 1.77. The molecule has 1 radical (unpaired) electrons. The second kappa shape index (κ2) is 3.78. The van der Waals surface area contributed by atoms with Gasteiger partial charge in [0.1, 0.15) is 5.75 Å². The smallest absolute Gasteiger partial charge is 0.134 e. The van der Waals surface area contributed by atoms with Crippen LogP contribution < -0.4 is 0 Å². The molecule has 1 N–H and O–H groups in total. The second-order valence-corrected chi connectivity index (χ2v) is 1.86. The summed E-state index contributed by atoms with van der Waals surface area (Å²) in [5, 5.41) is 9.18. The number of rotatable bonds is 0. The Balaban J connectivity index is 0.000000640. The van der Waals surface area contributed by atoms with E-state index >= 15 is 0 Å². The van der Waals surface area contributed by atoms with E-state index in [9.17, 15) is 0 Å². The maximum Gasteiger partial charge on any atom is 0.134 e. The van der Waals surface area contributed by atoms with Crippen LogP contribution in [-0.2, 0) is 17.1 Å². The molecule has 1 rings (SSSR count). The summed E-state index contributed by atoms with van der Waals surface area (Å²) < 4.78 is 0. The normalized spacial score (nSPS) is 8.11. The maximum absolute atomic E-state index is 8.79. The molecular weight excluding hydrogens is 187 g/mol. The van der Waals surface area contributed by atoms with Crippen LogP contribution in [0.25, 0.3) is 0 Å². The van der Waals surface area contributed by atoms with E-state index in [1.54, 1.807) is 24.3 Å². The van der Waals surface area contributed by atoms with Gasteiger partial charge in [0.05, 0.1) is 5.02 Å². The van der Waals surface area contributed by atoms with Crippen molar-refractivity contribution in [3.05, 3.63) is 29.3 Å². The SMILES string of the molecule is Oc1ccccc1Cl.[Cu]. The Hall–Kier alpha value is -0.171. The number of halogens is 1. The molecule has 3 heteroatoms. The minimum Gasteiger partial charge on any atom is -0.506 e. The van der Waals surface area contributed by atoms with Gasteiger partial charge in [0.25, 0.3) is 0 Å². The quantitative estimate of drug-likeness (QED) is 0.623. The summed E-state index contributed by atoms with van der Waals surface area (Å²) in [6.45, 7) is 0. The van der Waals surface area contributed by atoms with Gasteiger partial charge in [0.15, 0.2) is 0 Å². The van der Waals surface area contributed by atoms with Crippen molar-refractivity contribution in [1.82, 2.24) is 0 Å². The van der Waals surface area contributed by atoms with Crippen molar-refractivity contribution < 1.29 is 22.2 Å². The zero-order valence-corrected chi connectivity index (χ0v) is 6.13. The zero-order valence-electron chi connectivity index (χ0n) is 4.44. The Labute approximate surface area is 69.1 Å². The largest absolute Gasteiger partial charge is 0.506 e. The standard InChI is InChI=1S/C6H5ClO.Cu/c7-5-3-1-2-4-6(5)8;/h1-4,8H;. The Bertz CT molecular complexity index is 169. The molecule has 0 bridgehead atoms. The summed E-state index contributed by atoms with van der Waals surface area (Å²) in [5.41, 5.74) is 0. The van der Waals surface area contributed by atoms with Gasteiger partial charge < -0.3 is 5.11 Å². The summed E-state index contributed by atoms with van der Waals surface area (Å²) in [6.07, 6.45) is 0. The molecule has 0 saturated heterocycles. The molecule has 0 aliphatic carbocycles. The molecule has 0 spiro atoms. The minimum absolute atomic E-state index is 0. The van der Waals surface area contributed by atoms with Crippen LogP contribution in [0, 0.1) is 0 Å². The molecule has 53 valence electrons. The predicted molar refractivity (Wildman–Crippen MR) is 33.1 cm³/mol. The molecule has 0 aromatic heterocycles. The number of hydrogen-bond acceptors (Lipinski definition) is 1. The van der Waals surface area contributed by atoms with Crippen LogP contribution in [0.5, 0.6) is 5.75 Å². The van der Waals surface area contributed by atoms with E-state index in [0.29, 0.717) is 5.02 Å². The van der Waals surface area contributed by atoms with Gasteiger partial charge >= 0.3 is 0 Å². The van der Waals surface area contributed by atoms with Crippen molar-refractivity contribution in [2.45, 2.75) is 0 Å². The number of phenols is 1. The molecule has 1 aromatic rings. The Morgan fingerprint density at radius 1 is 1.22 bits per heavy atom. The third kappa shape index (κ3) is 2.27. The van der Waals surface area contributed by atoms with Gasteiger partial charge in [0.2, 0.25) is 0 Å². The van der Waals surface area contributed by atoms with E-state index < -0.39 is 0 Å². The van der Waals surface area contributed by atoms with E-state index in [0.717, 1.165) is 0 Å². The third-order valence-corrected chi connectivity index (χ3v) is 1.17. The summed E-state index contributed by atoms with van der Waals surface area (Å²) in [7, 11) is 0. The van der Waals surface area contributed by atoms with Gasteiger partial charge in [-0.15, -0.1) is 0 Å². The van der Waals surface area contributed by atoms with E-state index in [2.05, 4.69) is 0 Å². The molecular formula is C6H5ClCuO. The fraction of sp³-hybridized carbons (Fsp3) is 0. The monoisotopic (exact) mass is 191 g/mol. The molecule has 0 atom stereocenters. The Kier molecular flexibility index (Phi) is 3.71. The Morgan fingerprint density at radius 2 is 1.78 bits per heavy atom. The maximum atomic E-state index is 8.79. The number of para-hydroxylation sites is 1. The van der Waals surface area contributed by atoms with E-state index in [4.69, 9.17) is 16.7 Å². The van der Waals surface area contributed by atoms with Crippen LogP contribution in [0.1, 0.15) is 0 Å². The van der Waals surface area contributed by atoms with Crippen molar-refractivity contribution in [3.63, 3.8) is 0 Å². The fourth-order valence-electron chi connectivity index (χ4n) is 0.452. The summed E-state index contributed by atoms with van der Waals surface area (Å²) in [6, 6.07) is 6.67. The molecule has 0 fully saturated rings. The molecule has 1 aromatic carbocycles. The van der Waals surface area contributed by atoms with Crippen LogP contribution >= 0.6 is 11.6 Å². The van der Waals surface area contributed by atoms with Gasteiger partial charge in [0, 0.05) is 17.1 Å². The molecule has 9 heavy (non-hydrogen) atoms. The molecule has 0 heterocycles. The molecule has 0 aliphatic rings. The molecule has 1 nitrogen and oxygen atoms in total. The topological polar surface area (TPSA) is 20.2 Å². The van der Waals surface area contributed by atoms with Crippen LogP contribution in [0.2, 0.25) is 5.02 Å². The summed E-state index contributed by atoms with van der Waals surface area (Å²) >= 11 is 5.46. The fourth-order valence-corrected chi connectivity index (χ4v) is 0.587. The van der Waals surface area contributed by atoms with Crippen molar-refractivity contribution in [2.24, 2.45) is 0 Å². The first-order valence-corrected chi connectivity index (χ1v) is 2.62. The summed E-state index contributed by atoms with van der Waals surface area (Å²) in [5.74, 6) is 0.133. The average molecular weight is 192 g/mol. The number of aromatic hydroxyl groups is 1. The van der Waals surface area contributed by atoms with Gasteiger partial charge in [-0.2, -0.15) is 0 Å². The molecule has 0 amide bonds. The first-order valence-electron chi connectivity index (χ1n) is 2.24. The molecule has 0 saturated carbocycles. The van der Waals surface area contributed by atoms with E-state index in [1.807, 2.05) is 0 Å². The van der Waals surface area contributed by atoms with Gasteiger partial charge in [-0.25, -0.2) is 0 Å². The van der Waals surface area contributed by atoms with Crippen molar-refractivity contribution in [2.75, 3.05) is 0 Å². The number of benzene rings is 1. The molecule has 0 unspecified atom stereocenters. The van der Waals surface area contributed by atoms with Gasteiger partial charge in [-0.1, -0.05) is 23.7 Å². The van der Waals surface area contributed by atoms with Gasteiger partial charge in [-0.05, 0) is 12.1 Å². The van der Waals surface area contributed by atoms with Crippen molar-refractivity contribution in [3.8, 4) is 5.75 Å². The van der Waals surface area contributed by atoms with E-state index in [-0.39, 0.29) is 22.8 Å². The second-order valence-electron chi connectivity index (χ2n) is 1.45. The first-order chi connectivity index (χ1) is 3.80. The van der Waals surface area contributed by atoms with Crippen LogP contribution in [0.3, 0.4) is 0 Å². The number of phenolic OH excluding ortho intramolecular Hbond substituents is 1. The van der Waals surface area contributed by atoms with Gasteiger partial charge in [-0.3, -0.25) is 0 Å². The minimum atomic E-state index is 0. The van der Waals surface area contributed by atoms with Crippen LogP contribution in [0.4, 0.5) is 0 Å². The molecule has 0 aliphatic heterocycles. The van der Waals surface area contributed by atoms with Crippen LogP contribution in [0.15, 0.2) is 24.3 Å². The van der Waals surface area contributed by atoms with Crippen LogP contribution in [-0.4, -0.2) is 5.11 Å². The summed E-state index contributed by atoms with van der Waals surface area (Å²) in [4.78, 5) is 0. The predicted octanol–water partition coefficient (Wildman–Crippen LogP) is 2.04. The van der Waals surface area contributed by atoms with E-state index in [1.165, 1.54) is 0 Å². The van der Waals surface area contributed by atoms with Crippen molar-refractivity contribution in [1.29, 1.82) is 0 Å². The Morgan fingerprint density at radius 3 is 2.11 bits per heavy atom. The van der Waals surface area contributed by atoms with Crippen molar-refractivity contribution >= 4 is 11.6 Å². The first kappa shape index (κ1) is 8.83. The number of hydrogen-bond donors (Lipinski definition) is 1. The zero-order chi connectivity index (χ0) is 5.98. The third-order valence-electron chi connectivity index (χ3n) is 0.852.